The number of hydrogen-bond donors (Lipinski definition) is 4. The fourth-order valence-corrected chi connectivity index (χ4v) is 2.31. The summed E-state index contributed by atoms with van der Waals surface area (Å²) in [5, 5.41) is 8.66. The van der Waals surface area contributed by atoms with Crippen LogP contribution in [-0.2, 0) is 6.54 Å². The lowest BCUT2D eigenvalue weighted by Crippen LogP contribution is -2.34. The largest absolute Gasteiger partial charge is 0.370 e. The third kappa shape index (κ3) is 7.86. The molecule has 0 spiro atoms. The summed E-state index contributed by atoms with van der Waals surface area (Å²) in [5.74, 6) is 0.367. The number of aryl methyl sites for hydroxylation is 2. The number of anilines is 2. The van der Waals surface area contributed by atoms with E-state index in [0.29, 0.717) is 12.5 Å². The van der Waals surface area contributed by atoms with Crippen LogP contribution in [0.5, 0.6) is 0 Å². The van der Waals surface area contributed by atoms with Gasteiger partial charge in [0, 0.05) is 17.4 Å². The zero-order chi connectivity index (χ0) is 19.1. The lowest BCUT2D eigenvalue weighted by molar-refractivity contribution is 0.250. The van der Waals surface area contributed by atoms with E-state index >= 15 is 0 Å². The van der Waals surface area contributed by atoms with E-state index in [4.69, 9.17) is 5.73 Å². The number of benzene rings is 2. The van der Waals surface area contributed by atoms with Crippen LogP contribution in [-0.4, -0.2) is 18.0 Å². The predicted molar refractivity (Wildman–Crippen MR) is 124 cm³/mol. The van der Waals surface area contributed by atoms with Crippen molar-refractivity contribution >= 4 is 47.3 Å². The molecule has 0 aromatic heterocycles. The molecule has 0 fully saturated rings. The number of carbonyl (C=O) groups is 1. The highest BCUT2D eigenvalue weighted by molar-refractivity contribution is 14.0. The molecule has 0 heterocycles. The van der Waals surface area contributed by atoms with Crippen LogP contribution in [0.2, 0.25) is 0 Å². The molecule has 146 valence electrons. The number of carbonyl (C=O) groups excluding carboxylic acids is 1. The van der Waals surface area contributed by atoms with Gasteiger partial charge in [-0.2, -0.15) is 0 Å². The predicted octanol–water partition coefficient (Wildman–Crippen LogP) is 4.38. The maximum absolute atomic E-state index is 11.7. The van der Waals surface area contributed by atoms with Crippen LogP contribution in [0.3, 0.4) is 0 Å². The average molecular weight is 481 g/mol. The summed E-state index contributed by atoms with van der Waals surface area (Å²) in [6.07, 6.45) is 0. The van der Waals surface area contributed by atoms with Crippen molar-refractivity contribution in [3.63, 3.8) is 0 Å². The molecular formula is C20H28IN5O. The van der Waals surface area contributed by atoms with Gasteiger partial charge < -0.3 is 21.7 Å². The molecule has 5 N–H and O–H groups in total. The first kappa shape index (κ1) is 22.8. The zero-order valence-electron chi connectivity index (χ0n) is 16.2. The molecule has 0 atom stereocenters. The Labute approximate surface area is 178 Å². The monoisotopic (exact) mass is 481 g/mol. The third-order valence-electron chi connectivity index (χ3n) is 3.84. The van der Waals surface area contributed by atoms with Gasteiger partial charge in [-0.25, -0.2) is 9.79 Å². The lowest BCUT2D eigenvalue weighted by atomic mass is 10.1. The lowest BCUT2D eigenvalue weighted by Gasteiger charge is -2.10. The van der Waals surface area contributed by atoms with Crippen molar-refractivity contribution in [2.75, 3.05) is 10.6 Å². The van der Waals surface area contributed by atoms with Crippen LogP contribution in [0, 0.1) is 13.8 Å². The van der Waals surface area contributed by atoms with Gasteiger partial charge in [0.25, 0.3) is 0 Å². The molecule has 0 unspecified atom stereocenters. The topological polar surface area (TPSA) is 91.5 Å². The molecule has 7 heteroatoms. The molecular weight excluding hydrogens is 453 g/mol. The van der Waals surface area contributed by atoms with E-state index in [2.05, 4.69) is 34.8 Å². The Morgan fingerprint density at radius 1 is 1.00 bits per heavy atom. The van der Waals surface area contributed by atoms with Crippen molar-refractivity contribution in [3.8, 4) is 0 Å². The number of hydrogen-bond acceptors (Lipinski definition) is 2. The second-order valence-electron chi connectivity index (χ2n) is 6.58. The van der Waals surface area contributed by atoms with E-state index < -0.39 is 0 Å². The normalized spacial score (nSPS) is 10.9. The Balaban J connectivity index is 0.00000364. The van der Waals surface area contributed by atoms with Crippen molar-refractivity contribution in [2.24, 2.45) is 10.7 Å². The van der Waals surface area contributed by atoms with Crippen LogP contribution in [0.1, 0.15) is 30.5 Å². The molecule has 0 radical (unpaired) electrons. The minimum Gasteiger partial charge on any atom is -0.370 e. The minimum absolute atomic E-state index is 0. The SMILES string of the molecule is Cc1ccc(NC(N)=NCc2ccc(NC(=O)NC(C)C)cc2)cc1C.I. The Kier molecular flexibility index (Phi) is 9.07. The summed E-state index contributed by atoms with van der Waals surface area (Å²) in [4.78, 5) is 16.0. The van der Waals surface area contributed by atoms with Gasteiger partial charge in [-0.3, -0.25) is 0 Å². The molecule has 2 aromatic rings. The number of rotatable bonds is 5. The van der Waals surface area contributed by atoms with E-state index in [0.717, 1.165) is 16.9 Å². The average Bonchev–Trinajstić information content (AvgIpc) is 2.57. The molecule has 2 aromatic carbocycles. The minimum atomic E-state index is -0.215. The smallest absolute Gasteiger partial charge is 0.319 e. The first-order valence-electron chi connectivity index (χ1n) is 8.64. The number of amides is 2. The molecule has 0 aliphatic rings. The summed E-state index contributed by atoms with van der Waals surface area (Å²) < 4.78 is 0. The Hall–Kier alpha value is -2.29. The van der Waals surface area contributed by atoms with Gasteiger partial charge in [-0.15, -0.1) is 24.0 Å². The van der Waals surface area contributed by atoms with Gasteiger partial charge in [0.15, 0.2) is 5.96 Å². The highest BCUT2D eigenvalue weighted by Gasteiger charge is 2.03. The highest BCUT2D eigenvalue weighted by Crippen LogP contribution is 2.14. The number of halogens is 1. The van der Waals surface area contributed by atoms with Crippen LogP contribution < -0.4 is 21.7 Å². The maximum atomic E-state index is 11.7. The number of nitrogens with one attached hydrogen (secondary N) is 3. The zero-order valence-corrected chi connectivity index (χ0v) is 18.5. The summed E-state index contributed by atoms with van der Waals surface area (Å²) in [7, 11) is 0. The van der Waals surface area contributed by atoms with Gasteiger partial charge in [0.2, 0.25) is 0 Å². The fraction of sp³-hybridized carbons (Fsp3) is 0.300. The first-order valence-corrected chi connectivity index (χ1v) is 8.64. The second kappa shape index (κ2) is 10.8. The van der Waals surface area contributed by atoms with Crippen molar-refractivity contribution in [1.29, 1.82) is 0 Å². The van der Waals surface area contributed by atoms with Gasteiger partial charge in [0.05, 0.1) is 6.54 Å². The number of guanidine groups is 1. The standard InChI is InChI=1S/C20H27N5O.HI/c1-13(2)23-20(26)25-17-9-6-16(7-10-17)12-22-19(21)24-18-8-5-14(3)15(4)11-18;/h5-11,13H,12H2,1-4H3,(H3,21,22,24)(H2,23,25,26);1H. The third-order valence-corrected chi connectivity index (χ3v) is 3.84. The molecule has 2 rings (SSSR count). The van der Waals surface area contributed by atoms with Gasteiger partial charge in [-0.05, 0) is 68.7 Å². The molecule has 0 aliphatic carbocycles. The van der Waals surface area contributed by atoms with Crippen molar-refractivity contribution in [1.82, 2.24) is 5.32 Å². The number of urea groups is 1. The molecule has 6 nitrogen and oxygen atoms in total. The van der Waals surface area contributed by atoms with Crippen molar-refractivity contribution in [3.05, 3.63) is 59.2 Å². The summed E-state index contributed by atoms with van der Waals surface area (Å²) >= 11 is 0. The second-order valence-corrected chi connectivity index (χ2v) is 6.58. The van der Waals surface area contributed by atoms with E-state index in [1.54, 1.807) is 0 Å². The van der Waals surface area contributed by atoms with Crippen LogP contribution in [0.25, 0.3) is 0 Å². The molecule has 27 heavy (non-hydrogen) atoms. The molecule has 0 aliphatic heterocycles. The molecule has 0 saturated heterocycles. The summed E-state index contributed by atoms with van der Waals surface area (Å²) in [5.41, 5.74) is 11.1. The van der Waals surface area contributed by atoms with Gasteiger partial charge in [-0.1, -0.05) is 18.2 Å². The van der Waals surface area contributed by atoms with Crippen LogP contribution >= 0.6 is 24.0 Å². The summed E-state index contributed by atoms with van der Waals surface area (Å²) in [6, 6.07) is 13.5. The van der Waals surface area contributed by atoms with Crippen LogP contribution in [0.15, 0.2) is 47.5 Å². The first-order chi connectivity index (χ1) is 12.3. The number of aliphatic imine (C=N–C) groups is 1. The van der Waals surface area contributed by atoms with Crippen molar-refractivity contribution < 1.29 is 4.79 Å². The molecule has 0 saturated carbocycles. The Morgan fingerprint density at radius 2 is 1.63 bits per heavy atom. The van der Waals surface area contributed by atoms with E-state index in [-0.39, 0.29) is 36.0 Å². The number of nitrogens with zero attached hydrogens (tertiary/aromatic N) is 1. The number of nitrogens with two attached hydrogens (primary N) is 1. The quantitative estimate of drug-likeness (QED) is 0.290. The molecule has 2 amide bonds. The van der Waals surface area contributed by atoms with Crippen molar-refractivity contribution in [2.45, 2.75) is 40.3 Å². The molecule has 0 bridgehead atoms. The van der Waals surface area contributed by atoms with Crippen LogP contribution in [0.4, 0.5) is 16.2 Å². The van der Waals surface area contributed by atoms with E-state index in [1.165, 1.54) is 11.1 Å². The summed E-state index contributed by atoms with van der Waals surface area (Å²) in [6.45, 7) is 8.42. The van der Waals surface area contributed by atoms with Gasteiger partial charge >= 0.3 is 6.03 Å². The fourth-order valence-electron chi connectivity index (χ4n) is 2.31. The highest BCUT2D eigenvalue weighted by atomic mass is 127. The van der Waals surface area contributed by atoms with E-state index in [1.807, 2.05) is 56.3 Å². The Bertz CT molecular complexity index is 787. The Morgan fingerprint density at radius 3 is 2.22 bits per heavy atom. The maximum Gasteiger partial charge on any atom is 0.319 e. The van der Waals surface area contributed by atoms with Gasteiger partial charge in [0.1, 0.15) is 0 Å². The van der Waals surface area contributed by atoms with E-state index in [9.17, 15) is 4.79 Å².